The Bertz CT molecular complexity index is 990. The van der Waals surface area contributed by atoms with E-state index in [2.05, 4.69) is 38.2 Å². The lowest BCUT2D eigenvalue weighted by Gasteiger charge is -2.15. The number of aliphatic hydroxyl groups is 1. The van der Waals surface area contributed by atoms with Crippen LogP contribution in [0.1, 0.15) is 328 Å². The van der Waals surface area contributed by atoms with Gasteiger partial charge in [0.15, 0.2) is 6.10 Å². The molecule has 1 unspecified atom stereocenters. The minimum absolute atomic E-state index is 0.0580. The van der Waals surface area contributed by atoms with E-state index in [9.17, 15) is 14.7 Å². The summed E-state index contributed by atoms with van der Waals surface area (Å²) in [5, 5.41) is 9.65. The van der Waals surface area contributed by atoms with Gasteiger partial charge < -0.3 is 14.6 Å². The van der Waals surface area contributed by atoms with Gasteiger partial charge in [-0.3, -0.25) is 9.59 Å². The number of hydrogen-bond donors (Lipinski definition) is 1. The molecule has 5 nitrogen and oxygen atoms in total. The highest BCUT2D eigenvalue weighted by molar-refractivity contribution is 5.70. The number of rotatable bonds is 55. The first kappa shape index (κ1) is 63.4. The molecule has 0 aliphatic rings. The first-order valence-corrected chi connectivity index (χ1v) is 29.4. The number of hydrogen-bond acceptors (Lipinski definition) is 5. The lowest BCUT2D eigenvalue weighted by atomic mass is 10.0. The summed E-state index contributed by atoms with van der Waals surface area (Å²) >= 11 is 0. The van der Waals surface area contributed by atoms with E-state index >= 15 is 0 Å². The Morgan fingerprint density at radius 2 is 0.615 bits per heavy atom. The largest absolute Gasteiger partial charge is 0.462 e. The van der Waals surface area contributed by atoms with Gasteiger partial charge in [-0.05, 0) is 44.9 Å². The molecule has 0 heterocycles. The van der Waals surface area contributed by atoms with Crippen molar-refractivity contribution in [3.63, 3.8) is 0 Å². The van der Waals surface area contributed by atoms with E-state index in [1.807, 2.05) is 0 Å². The normalized spacial score (nSPS) is 12.2. The minimum atomic E-state index is -0.766. The molecule has 0 fully saturated rings. The van der Waals surface area contributed by atoms with Crippen LogP contribution in [0.4, 0.5) is 0 Å². The fourth-order valence-electron chi connectivity index (χ4n) is 9.06. The summed E-state index contributed by atoms with van der Waals surface area (Å²) in [6.45, 7) is 4.18. The molecule has 65 heavy (non-hydrogen) atoms. The number of unbranched alkanes of at least 4 members (excludes halogenated alkanes) is 43. The number of carbonyl (C=O) groups is 2. The molecule has 0 amide bonds. The monoisotopic (exact) mass is 915 g/mol. The zero-order valence-electron chi connectivity index (χ0n) is 44.0. The summed E-state index contributed by atoms with van der Waals surface area (Å²) in [7, 11) is 0. The van der Waals surface area contributed by atoms with Crippen LogP contribution in [0.15, 0.2) is 24.3 Å². The summed E-state index contributed by atoms with van der Waals surface area (Å²) < 4.78 is 10.7. The van der Waals surface area contributed by atoms with Gasteiger partial charge in [-0.2, -0.15) is 0 Å². The van der Waals surface area contributed by atoms with E-state index in [0.29, 0.717) is 12.8 Å². The number of ether oxygens (including phenoxy) is 2. The molecule has 0 aliphatic heterocycles. The molecule has 0 aromatic heterocycles. The molecule has 0 saturated carbocycles. The molecule has 0 rings (SSSR count). The molecule has 0 aromatic rings. The molecule has 0 radical (unpaired) electrons. The number of aliphatic hydroxyl groups excluding tert-OH is 1. The van der Waals surface area contributed by atoms with Crippen LogP contribution in [0.3, 0.4) is 0 Å². The maximum Gasteiger partial charge on any atom is 0.306 e. The Labute approximate surface area is 406 Å². The first-order chi connectivity index (χ1) is 32.1. The van der Waals surface area contributed by atoms with Gasteiger partial charge in [0, 0.05) is 12.8 Å². The molecule has 1 N–H and O–H groups in total. The zero-order valence-corrected chi connectivity index (χ0v) is 44.0. The summed E-state index contributed by atoms with van der Waals surface area (Å²) in [5.74, 6) is -0.568. The Balaban J connectivity index is 3.39. The molecule has 0 bridgehead atoms. The van der Waals surface area contributed by atoms with Crippen molar-refractivity contribution in [3.05, 3.63) is 24.3 Å². The molecule has 1 atom stereocenters. The average Bonchev–Trinajstić information content (AvgIpc) is 3.31. The van der Waals surface area contributed by atoms with Crippen molar-refractivity contribution in [2.45, 2.75) is 335 Å². The molecule has 384 valence electrons. The van der Waals surface area contributed by atoms with Crippen molar-refractivity contribution >= 4 is 11.9 Å². The predicted molar refractivity (Wildman–Crippen MR) is 284 cm³/mol. The predicted octanol–water partition coefficient (Wildman–Crippen LogP) is 19.7. The van der Waals surface area contributed by atoms with Crippen LogP contribution >= 0.6 is 0 Å². The minimum Gasteiger partial charge on any atom is -0.462 e. The van der Waals surface area contributed by atoms with E-state index in [0.717, 1.165) is 38.5 Å². The molecule has 0 saturated heterocycles. The third-order valence-electron chi connectivity index (χ3n) is 13.5. The fourth-order valence-corrected chi connectivity index (χ4v) is 9.06. The molecular formula is C60H114O5. The highest BCUT2D eigenvalue weighted by Gasteiger charge is 2.16. The van der Waals surface area contributed by atoms with Crippen molar-refractivity contribution in [3.8, 4) is 0 Å². The standard InChI is InChI=1S/C60H114O5/c1-3-5-7-9-11-13-15-17-19-21-23-24-25-26-27-28-29-30-31-32-33-34-35-36-37-39-41-43-45-47-49-51-53-55-60(63)65-58(56-61)57-64-59(62)54-52-50-48-46-44-42-40-38-22-20-18-16-14-12-10-8-6-4-2/h15,17,21,23,58,61H,3-14,16,18-20,22,24-57H2,1-2H3/b17-15-,23-21-. The Morgan fingerprint density at radius 3 is 0.908 bits per heavy atom. The van der Waals surface area contributed by atoms with E-state index in [1.54, 1.807) is 0 Å². The van der Waals surface area contributed by atoms with Crippen LogP contribution < -0.4 is 0 Å². The number of allylic oxidation sites excluding steroid dienone is 4. The van der Waals surface area contributed by atoms with Crippen molar-refractivity contribution < 1.29 is 24.2 Å². The van der Waals surface area contributed by atoms with Crippen molar-refractivity contribution in [2.24, 2.45) is 0 Å². The van der Waals surface area contributed by atoms with E-state index in [4.69, 9.17) is 9.47 Å². The van der Waals surface area contributed by atoms with E-state index < -0.39 is 6.10 Å². The van der Waals surface area contributed by atoms with Crippen LogP contribution in [-0.4, -0.2) is 36.4 Å². The van der Waals surface area contributed by atoms with Gasteiger partial charge in [0.05, 0.1) is 6.61 Å². The van der Waals surface area contributed by atoms with Gasteiger partial charge in [-0.1, -0.05) is 295 Å². The zero-order chi connectivity index (χ0) is 47.0. The Morgan fingerprint density at radius 1 is 0.354 bits per heavy atom. The second-order valence-electron chi connectivity index (χ2n) is 20.1. The summed E-state index contributed by atoms with van der Waals surface area (Å²) in [5.41, 5.74) is 0. The van der Waals surface area contributed by atoms with Gasteiger partial charge in [-0.15, -0.1) is 0 Å². The maximum absolute atomic E-state index is 12.3. The summed E-state index contributed by atoms with van der Waals surface area (Å²) in [6.07, 6.45) is 71.7. The van der Waals surface area contributed by atoms with Crippen LogP contribution in [0.5, 0.6) is 0 Å². The van der Waals surface area contributed by atoms with Crippen LogP contribution in [0, 0.1) is 0 Å². The van der Waals surface area contributed by atoms with Gasteiger partial charge in [0.2, 0.25) is 0 Å². The SMILES string of the molecule is CCCCCCC/C=C\C/C=C\CCCCCCCCCCCCCCCCCCCCCCCC(=O)OC(CO)COC(=O)CCCCCCCCCCCCCCCCCCCC. The topological polar surface area (TPSA) is 72.8 Å². The van der Waals surface area contributed by atoms with Crippen LogP contribution in [0.2, 0.25) is 0 Å². The summed E-state index contributed by atoms with van der Waals surface area (Å²) in [6, 6.07) is 0. The van der Waals surface area contributed by atoms with Gasteiger partial charge in [-0.25, -0.2) is 0 Å². The van der Waals surface area contributed by atoms with Crippen molar-refractivity contribution in [1.29, 1.82) is 0 Å². The molecule has 0 aliphatic carbocycles. The van der Waals surface area contributed by atoms with Crippen LogP contribution in [-0.2, 0) is 19.1 Å². The van der Waals surface area contributed by atoms with E-state index in [1.165, 1.54) is 263 Å². The molecule has 0 aromatic carbocycles. The third-order valence-corrected chi connectivity index (χ3v) is 13.5. The smallest absolute Gasteiger partial charge is 0.306 e. The highest BCUT2D eigenvalue weighted by Crippen LogP contribution is 2.18. The van der Waals surface area contributed by atoms with Crippen molar-refractivity contribution in [1.82, 2.24) is 0 Å². The Kier molecular flexibility index (Phi) is 55.3. The second kappa shape index (κ2) is 56.7. The van der Waals surface area contributed by atoms with Gasteiger partial charge >= 0.3 is 11.9 Å². The maximum atomic E-state index is 12.3. The fraction of sp³-hybridized carbons (Fsp3) is 0.900. The van der Waals surface area contributed by atoms with Gasteiger partial charge in [0.25, 0.3) is 0 Å². The number of esters is 2. The third kappa shape index (κ3) is 54.9. The number of carbonyl (C=O) groups excluding carboxylic acids is 2. The second-order valence-corrected chi connectivity index (χ2v) is 20.1. The molecule has 5 heteroatoms. The lowest BCUT2D eigenvalue weighted by Crippen LogP contribution is -2.28. The highest BCUT2D eigenvalue weighted by atomic mass is 16.6. The first-order valence-electron chi connectivity index (χ1n) is 29.4. The van der Waals surface area contributed by atoms with Crippen molar-refractivity contribution in [2.75, 3.05) is 13.2 Å². The quantitative estimate of drug-likeness (QED) is 0.0374. The lowest BCUT2D eigenvalue weighted by molar-refractivity contribution is -0.161. The molecular weight excluding hydrogens is 801 g/mol. The average molecular weight is 916 g/mol. The van der Waals surface area contributed by atoms with Crippen LogP contribution in [0.25, 0.3) is 0 Å². The molecule has 0 spiro atoms. The Hall–Kier alpha value is -1.62. The summed E-state index contributed by atoms with van der Waals surface area (Å²) in [4.78, 5) is 24.5. The van der Waals surface area contributed by atoms with Gasteiger partial charge in [0.1, 0.15) is 6.61 Å². The van der Waals surface area contributed by atoms with E-state index in [-0.39, 0.29) is 25.2 Å².